The van der Waals surface area contributed by atoms with Crippen molar-refractivity contribution in [3.63, 3.8) is 0 Å². The molecule has 34 heavy (non-hydrogen) atoms. The second kappa shape index (κ2) is 9.05. The van der Waals surface area contributed by atoms with Crippen LogP contribution in [0, 0.1) is 5.92 Å². The number of rotatable bonds is 8. The van der Waals surface area contributed by atoms with Gasteiger partial charge in [-0.25, -0.2) is 4.79 Å². The van der Waals surface area contributed by atoms with Crippen LogP contribution in [0.5, 0.6) is 11.5 Å². The van der Waals surface area contributed by atoms with Crippen LogP contribution >= 0.6 is 0 Å². The molecule has 1 heterocycles. The first-order valence-electron chi connectivity index (χ1n) is 10.8. The summed E-state index contributed by atoms with van der Waals surface area (Å²) in [6.45, 7) is 1.25. The van der Waals surface area contributed by atoms with E-state index in [1.807, 2.05) is 6.07 Å². The van der Waals surface area contributed by atoms with Gasteiger partial charge in [-0.05, 0) is 37.8 Å². The smallest absolute Gasteiger partial charge is 0.325 e. The first kappa shape index (κ1) is 23.1. The van der Waals surface area contributed by atoms with Gasteiger partial charge < -0.3 is 25.4 Å². The van der Waals surface area contributed by atoms with Crippen LogP contribution in [0.2, 0.25) is 0 Å². The summed E-state index contributed by atoms with van der Waals surface area (Å²) in [6, 6.07) is 11.1. The molecule has 178 valence electrons. The molecule has 1 saturated heterocycles. The molecular weight excluding hydrogens is 440 g/mol. The monoisotopic (exact) mass is 466 g/mol. The lowest BCUT2D eigenvalue weighted by Crippen LogP contribution is -2.46. The van der Waals surface area contributed by atoms with Gasteiger partial charge in [0, 0.05) is 17.7 Å². The van der Waals surface area contributed by atoms with Gasteiger partial charge in [-0.2, -0.15) is 0 Å². The first-order valence-corrected chi connectivity index (χ1v) is 10.8. The van der Waals surface area contributed by atoms with E-state index in [1.165, 1.54) is 26.4 Å². The Bertz CT molecular complexity index is 1150. The summed E-state index contributed by atoms with van der Waals surface area (Å²) in [5.41, 5.74) is 0.115. The van der Waals surface area contributed by atoms with Crippen LogP contribution in [0.4, 0.5) is 16.2 Å². The molecule has 1 aliphatic heterocycles. The van der Waals surface area contributed by atoms with Crippen LogP contribution in [-0.4, -0.2) is 55.0 Å². The molecule has 0 radical (unpaired) electrons. The molecule has 2 fully saturated rings. The molecule has 0 bridgehead atoms. The normalized spacial score (nSPS) is 19.4. The molecule has 1 atom stereocenters. The summed E-state index contributed by atoms with van der Waals surface area (Å²) in [6.07, 6.45) is 1.74. The number of benzene rings is 2. The topological polar surface area (TPSA) is 126 Å². The largest absolute Gasteiger partial charge is 0.494 e. The average Bonchev–Trinajstić information content (AvgIpc) is 3.66. The van der Waals surface area contributed by atoms with E-state index in [2.05, 4.69) is 16.0 Å². The SMILES string of the molecule is COc1cc(NC(=O)c2ccccc2)c(OC)cc1NC(=O)CN1C(=O)N[C@@](C)(C2CC2)C1=O. The van der Waals surface area contributed by atoms with Gasteiger partial charge in [0.05, 0.1) is 25.6 Å². The fourth-order valence-corrected chi connectivity index (χ4v) is 4.01. The Kier molecular flexibility index (Phi) is 6.14. The minimum Gasteiger partial charge on any atom is -0.494 e. The molecule has 0 aromatic heterocycles. The number of carbonyl (C=O) groups excluding carboxylic acids is 4. The maximum atomic E-state index is 12.8. The van der Waals surface area contributed by atoms with Crippen molar-refractivity contribution in [1.29, 1.82) is 0 Å². The summed E-state index contributed by atoms with van der Waals surface area (Å²) in [4.78, 5) is 51.3. The Morgan fingerprint density at radius 2 is 1.62 bits per heavy atom. The fourth-order valence-electron chi connectivity index (χ4n) is 4.01. The van der Waals surface area contributed by atoms with E-state index in [-0.39, 0.29) is 29.0 Å². The van der Waals surface area contributed by atoms with Crippen molar-refractivity contribution in [2.75, 3.05) is 31.4 Å². The molecule has 0 spiro atoms. The third-order valence-electron chi connectivity index (χ3n) is 6.08. The number of amides is 5. The van der Waals surface area contributed by atoms with Gasteiger partial charge in [0.1, 0.15) is 23.6 Å². The fraction of sp³-hybridized carbons (Fsp3) is 0.333. The molecule has 10 heteroatoms. The van der Waals surface area contributed by atoms with Crippen LogP contribution in [0.3, 0.4) is 0 Å². The minimum atomic E-state index is -0.961. The molecule has 5 amide bonds. The number of carbonyl (C=O) groups is 4. The van der Waals surface area contributed by atoms with Crippen molar-refractivity contribution in [1.82, 2.24) is 10.2 Å². The summed E-state index contributed by atoms with van der Waals surface area (Å²) in [5, 5.41) is 8.14. The quantitative estimate of drug-likeness (QED) is 0.514. The second-order valence-corrected chi connectivity index (χ2v) is 8.42. The zero-order valence-electron chi connectivity index (χ0n) is 19.1. The summed E-state index contributed by atoms with van der Waals surface area (Å²) >= 11 is 0. The number of hydrogen-bond acceptors (Lipinski definition) is 6. The van der Waals surface area contributed by atoms with E-state index >= 15 is 0 Å². The average molecular weight is 466 g/mol. The zero-order valence-corrected chi connectivity index (χ0v) is 19.1. The Labute approximate surface area is 196 Å². The third kappa shape index (κ3) is 4.39. The van der Waals surface area contributed by atoms with Crippen molar-refractivity contribution >= 4 is 35.1 Å². The lowest BCUT2D eigenvalue weighted by molar-refractivity contribution is -0.134. The van der Waals surface area contributed by atoms with Crippen molar-refractivity contribution in [3.05, 3.63) is 48.0 Å². The third-order valence-corrected chi connectivity index (χ3v) is 6.08. The van der Waals surface area contributed by atoms with Crippen LogP contribution in [-0.2, 0) is 9.59 Å². The zero-order chi connectivity index (χ0) is 24.5. The van der Waals surface area contributed by atoms with Gasteiger partial charge in [-0.15, -0.1) is 0 Å². The number of ether oxygens (including phenoxy) is 2. The Morgan fingerprint density at radius 1 is 1.03 bits per heavy atom. The minimum absolute atomic E-state index is 0.0972. The molecular formula is C24H26N4O6. The highest BCUT2D eigenvalue weighted by Crippen LogP contribution is 2.42. The van der Waals surface area contributed by atoms with Gasteiger partial charge in [0.2, 0.25) is 5.91 Å². The number of nitrogens with zero attached hydrogens (tertiary/aromatic N) is 1. The molecule has 1 saturated carbocycles. The lowest BCUT2D eigenvalue weighted by atomic mass is 9.96. The van der Waals surface area contributed by atoms with E-state index < -0.39 is 29.9 Å². The van der Waals surface area contributed by atoms with E-state index in [4.69, 9.17) is 9.47 Å². The predicted octanol–water partition coefficient (Wildman–Crippen LogP) is 2.62. The Morgan fingerprint density at radius 3 is 2.18 bits per heavy atom. The molecule has 4 rings (SSSR count). The molecule has 10 nitrogen and oxygen atoms in total. The molecule has 3 N–H and O–H groups in total. The van der Waals surface area contributed by atoms with Gasteiger partial charge >= 0.3 is 6.03 Å². The van der Waals surface area contributed by atoms with E-state index in [0.717, 1.165) is 17.7 Å². The van der Waals surface area contributed by atoms with Gasteiger partial charge in [0.15, 0.2) is 0 Å². The van der Waals surface area contributed by atoms with Gasteiger partial charge in [0.25, 0.3) is 11.8 Å². The second-order valence-electron chi connectivity index (χ2n) is 8.42. The van der Waals surface area contributed by atoms with Crippen LogP contribution in [0.25, 0.3) is 0 Å². The van der Waals surface area contributed by atoms with Crippen molar-refractivity contribution in [3.8, 4) is 11.5 Å². The predicted molar refractivity (Wildman–Crippen MR) is 124 cm³/mol. The van der Waals surface area contributed by atoms with E-state index in [9.17, 15) is 19.2 Å². The maximum absolute atomic E-state index is 12.8. The molecule has 2 aromatic carbocycles. The first-order chi connectivity index (χ1) is 16.3. The summed E-state index contributed by atoms with van der Waals surface area (Å²) < 4.78 is 10.8. The lowest BCUT2D eigenvalue weighted by Gasteiger charge is -2.21. The van der Waals surface area contributed by atoms with Crippen molar-refractivity contribution in [2.45, 2.75) is 25.3 Å². The number of anilines is 2. The Hall–Kier alpha value is -4.08. The van der Waals surface area contributed by atoms with E-state index in [1.54, 1.807) is 31.2 Å². The van der Waals surface area contributed by atoms with Crippen LogP contribution in [0.1, 0.15) is 30.1 Å². The van der Waals surface area contributed by atoms with Gasteiger partial charge in [-0.1, -0.05) is 18.2 Å². The number of hydrogen-bond donors (Lipinski definition) is 3. The highest BCUT2D eigenvalue weighted by molar-refractivity contribution is 6.10. The Balaban J connectivity index is 1.49. The molecule has 0 unspecified atom stereocenters. The van der Waals surface area contributed by atoms with Gasteiger partial charge in [-0.3, -0.25) is 19.3 Å². The van der Waals surface area contributed by atoms with Crippen LogP contribution < -0.4 is 25.4 Å². The highest BCUT2D eigenvalue weighted by Gasteiger charge is 2.56. The number of urea groups is 1. The maximum Gasteiger partial charge on any atom is 0.325 e. The molecule has 1 aliphatic carbocycles. The van der Waals surface area contributed by atoms with Crippen LogP contribution in [0.15, 0.2) is 42.5 Å². The number of methoxy groups -OCH3 is 2. The number of nitrogens with one attached hydrogen (secondary N) is 3. The van der Waals surface area contributed by atoms with E-state index in [0.29, 0.717) is 11.3 Å². The van der Waals surface area contributed by atoms with Crippen molar-refractivity contribution < 1.29 is 28.7 Å². The molecule has 2 aromatic rings. The molecule has 2 aliphatic rings. The standard InChI is InChI=1S/C24H26N4O6/c1-24(15-9-10-15)22(31)28(23(32)27-24)13-20(29)25-16-11-19(34-3)17(12-18(16)33-2)26-21(30)14-7-5-4-6-8-14/h4-8,11-12,15H,9-10,13H2,1-3H3,(H,25,29)(H,26,30)(H,27,32)/t24-/m0/s1. The summed E-state index contributed by atoms with van der Waals surface area (Å²) in [7, 11) is 2.84. The highest BCUT2D eigenvalue weighted by atomic mass is 16.5. The summed E-state index contributed by atoms with van der Waals surface area (Å²) in [5.74, 6) is -0.673. The number of imide groups is 1. The van der Waals surface area contributed by atoms with Crippen molar-refractivity contribution in [2.24, 2.45) is 5.92 Å².